The maximum absolute atomic E-state index is 12.6. The summed E-state index contributed by atoms with van der Waals surface area (Å²) in [6.45, 7) is 0. The molecular weight excluding hydrogens is 184 g/mol. The Labute approximate surface area is 80.1 Å². The largest absolute Gasteiger partial charge is 0.399 e. The molecule has 2 N–H and O–H groups in total. The summed E-state index contributed by atoms with van der Waals surface area (Å²) in [5.41, 5.74) is 6.09. The molecule has 0 aliphatic heterocycles. The van der Waals surface area contributed by atoms with E-state index in [1.54, 1.807) is 30.3 Å². The lowest BCUT2D eigenvalue weighted by molar-refractivity contribution is 0.153. The summed E-state index contributed by atoms with van der Waals surface area (Å²) < 4.78 is 25.2. The van der Waals surface area contributed by atoms with E-state index in [1.165, 1.54) is 6.07 Å². The molecule has 2 aromatic rings. The molecule has 0 fully saturated rings. The van der Waals surface area contributed by atoms with Gasteiger partial charge in [-0.2, -0.15) is 0 Å². The Balaban J connectivity index is 2.77. The Morgan fingerprint density at radius 3 is 2.57 bits per heavy atom. The van der Waals surface area contributed by atoms with Gasteiger partial charge in [0.1, 0.15) is 0 Å². The molecule has 14 heavy (non-hydrogen) atoms. The molecule has 0 unspecified atom stereocenters. The molecule has 0 atom stereocenters. The molecule has 0 aromatic heterocycles. The first-order chi connectivity index (χ1) is 6.68. The van der Waals surface area contributed by atoms with Crippen LogP contribution in [-0.4, -0.2) is 0 Å². The zero-order valence-corrected chi connectivity index (χ0v) is 7.37. The maximum atomic E-state index is 12.6. The zero-order valence-electron chi connectivity index (χ0n) is 7.37. The quantitative estimate of drug-likeness (QED) is 0.690. The Hall–Kier alpha value is -1.64. The fourth-order valence-electron chi connectivity index (χ4n) is 1.50. The van der Waals surface area contributed by atoms with Crippen LogP contribution in [0.2, 0.25) is 0 Å². The van der Waals surface area contributed by atoms with Crippen LogP contribution >= 0.6 is 0 Å². The van der Waals surface area contributed by atoms with Crippen molar-refractivity contribution in [1.29, 1.82) is 0 Å². The van der Waals surface area contributed by atoms with Crippen molar-refractivity contribution in [2.75, 3.05) is 5.73 Å². The summed E-state index contributed by atoms with van der Waals surface area (Å²) in [5, 5.41) is 1.32. The van der Waals surface area contributed by atoms with Gasteiger partial charge in [-0.25, -0.2) is 8.78 Å². The fraction of sp³-hybridized carbons (Fsp3) is 0.0909. The van der Waals surface area contributed by atoms with E-state index < -0.39 is 6.43 Å². The normalized spacial score (nSPS) is 11.1. The predicted octanol–water partition coefficient (Wildman–Crippen LogP) is 3.36. The third-order valence-electron chi connectivity index (χ3n) is 2.18. The minimum Gasteiger partial charge on any atom is -0.399 e. The van der Waals surface area contributed by atoms with E-state index in [4.69, 9.17) is 5.73 Å². The molecule has 3 heteroatoms. The highest BCUT2D eigenvalue weighted by atomic mass is 19.3. The highest BCUT2D eigenvalue weighted by Crippen LogP contribution is 2.28. The maximum Gasteiger partial charge on any atom is 0.264 e. The Bertz CT molecular complexity index is 466. The molecule has 0 aliphatic rings. The average Bonchev–Trinajstić information content (AvgIpc) is 2.16. The Morgan fingerprint density at radius 1 is 1.07 bits per heavy atom. The van der Waals surface area contributed by atoms with Gasteiger partial charge in [0.2, 0.25) is 0 Å². The number of anilines is 1. The fourth-order valence-corrected chi connectivity index (χ4v) is 1.50. The van der Waals surface area contributed by atoms with E-state index >= 15 is 0 Å². The van der Waals surface area contributed by atoms with Crippen LogP contribution in [0.5, 0.6) is 0 Å². The summed E-state index contributed by atoms with van der Waals surface area (Å²) in [6, 6.07) is 9.87. The number of nitrogen functional groups attached to an aromatic ring is 1. The highest BCUT2D eigenvalue weighted by molar-refractivity contribution is 5.88. The van der Waals surface area contributed by atoms with Gasteiger partial charge in [0.15, 0.2) is 0 Å². The van der Waals surface area contributed by atoms with Crippen molar-refractivity contribution in [2.45, 2.75) is 6.43 Å². The molecule has 0 amide bonds. The van der Waals surface area contributed by atoms with Crippen LogP contribution in [-0.2, 0) is 0 Å². The number of alkyl halides is 2. The lowest BCUT2D eigenvalue weighted by Crippen LogP contribution is -1.89. The first-order valence-electron chi connectivity index (χ1n) is 4.25. The number of benzene rings is 2. The van der Waals surface area contributed by atoms with Crippen molar-refractivity contribution in [2.24, 2.45) is 0 Å². The number of hydrogen-bond donors (Lipinski definition) is 1. The smallest absolute Gasteiger partial charge is 0.264 e. The van der Waals surface area contributed by atoms with Gasteiger partial charge >= 0.3 is 0 Å². The first kappa shape index (κ1) is 8.94. The van der Waals surface area contributed by atoms with Gasteiger partial charge in [-0.15, -0.1) is 0 Å². The topological polar surface area (TPSA) is 26.0 Å². The molecule has 1 nitrogen and oxygen atoms in total. The van der Waals surface area contributed by atoms with Crippen LogP contribution in [0.25, 0.3) is 10.8 Å². The van der Waals surface area contributed by atoms with Gasteiger partial charge in [-0.3, -0.25) is 0 Å². The molecule has 0 spiro atoms. The molecule has 0 heterocycles. The van der Waals surface area contributed by atoms with Crippen molar-refractivity contribution in [3.8, 4) is 0 Å². The molecule has 2 rings (SSSR count). The second kappa shape index (κ2) is 3.25. The summed E-state index contributed by atoms with van der Waals surface area (Å²) >= 11 is 0. The van der Waals surface area contributed by atoms with Crippen molar-refractivity contribution in [3.05, 3.63) is 42.0 Å². The SMILES string of the molecule is Nc1ccc2cccc(C(F)F)c2c1. The second-order valence-corrected chi connectivity index (χ2v) is 3.13. The van der Waals surface area contributed by atoms with Gasteiger partial charge in [-0.05, 0) is 22.9 Å². The third kappa shape index (κ3) is 1.41. The molecular formula is C11H9F2N. The van der Waals surface area contributed by atoms with Crippen LogP contribution in [0, 0.1) is 0 Å². The molecule has 2 aromatic carbocycles. The molecule has 0 aliphatic carbocycles. The van der Waals surface area contributed by atoms with E-state index in [0.717, 1.165) is 5.39 Å². The van der Waals surface area contributed by atoms with Gasteiger partial charge in [0, 0.05) is 11.3 Å². The molecule has 0 radical (unpaired) electrons. The number of hydrogen-bond acceptors (Lipinski definition) is 1. The van der Waals surface area contributed by atoms with Gasteiger partial charge in [0.05, 0.1) is 0 Å². The van der Waals surface area contributed by atoms with Crippen molar-refractivity contribution in [1.82, 2.24) is 0 Å². The van der Waals surface area contributed by atoms with E-state index in [0.29, 0.717) is 11.1 Å². The molecule has 72 valence electrons. The Kier molecular flexibility index (Phi) is 2.08. The average molecular weight is 193 g/mol. The summed E-state index contributed by atoms with van der Waals surface area (Å²) in [7, 11) is 0. The molecule has 0 saturated carbocycles. The lowest BCUT2D eigenvalue weighted by Gasteiger charge is -2.05. The van der Waals surface area contributed by atoms with Crippen LogP contribution in [0.15, 0.2) is 36.4 Å². The minimum absolute atomic E-state index is 0.0369. The van der Waals surface area contributed by atoms with E-state index in [2.05, 4.69) is 0 Å². The Morgan fingerprint density at radius 2 is 1.86 bits per heavy atom. The van der Waals surface area contributed by atoms with Crippen molar-refractivity contribution >= 4 is 16.5 Å². The first-order valence-corrected chi connectivity index (χ1v) is 4.25. The van der Waals surface area contributed by atoms with Crippen LogP contribution in [0.4, 0.5) is 14.5 Å². The standard InChI is InChI=1S/C11H9F2N/c12-11(13)9-3-1-2-7-4-5-8(14)6-10(7)9/h1-6,11H,14H2. The molecule has 0 saturated heterocycles. The third-order valence-corrected chi connectivity index (χ3v) is 2.18. The second-order valence-electron chi connectivity index (χ2n) is 3.13. The van der Waals surface area contributed by atoms with Gasteiger partial charge < -0.3 is 5.73 Å². The van der Waals surface area contributed by atoms with E-state index in [9.17, 15) is 8.78 Å². The number of halogens is 2. The summed E-state index contributed by atoms with van der Waals surface area (Å²) in [6.07, 6.45) is -2.46. The number of nitrogens with two attached hydrogens (primary N) is 1. The van der Waals surface area contributed by atoms with Crippen molar-refractivity contribution < 1.29 is 8.78 Å². The molecule has 0 bridgehead atoms. The zero-order chi connectivity index (χ0) is 10.1. The van der Waals surface area contributed by atoms with Crippen LogP contribution in [0.1, 0.15) is 12.0 Å². The van der Waals surface area contributed by atoms with Gasteiger partial charge in [0.25, 0.3) is 6.43 Å². The minimum atomic E-state index is -2.46. The number of rotatable bonds is 1. The lowest BCUT2D eigenvalue weighted by atomic mass is 10.0. The highest BCUT2D eigenvalue weighted by Gasteiger charge is 2.10. The van der Waals surface area contributed by atoms with E-state index in [1.807, 2.05) is 0 Å². The van der Waals surface area contributed by atoms with Crippen LogP contribution in [0.3, 0.4) is 0 Å². The summed E-state index contributed by atoms with van der Waals surface area (Å²) in [4.78, 5) is 0. The monoisotopic (exact) mass is 193 g/mol. The van der Waals surface area contributed by atoms with Gasteiger partial charge in [-0.1, -0.05) is 24.3 Å². The van der Waals surface area contributed by atoms with Crippen molar-refractivity contribution in [3.63, 3.8) is 0 Å². The van der Waals surface area contributed by atoms with E-state index in [-0.39, 0.29) is 5.56 Å². The number of fused-ring (bicyclic) bond motifs is 1. The summed E-state index contributed by atoms with van der Waals surface area (Å²) in [5.74, 6) is 0. The van der Waals surface area contributed by atoms with Crippen LogP contribution < -0.4 is 5.73 Å². The predicted molar refractivity (Wildman–Crippen MR) is 53.3 cm³/mol.